The molecule has 0 bridgehead atoms. The largest absolute Gasteiger partial charge is 0.242 e. The second-order valence-corrected chi connectivity index (χ2v) is 4.83. The van der Waals surface area contributed by atoms with Crippen molar-refractivity contribution in [1.82, 2.24) is 15.2 Å². The molecule has 0 saturated heterocycles. The van der Waals surface area contributed by atoms with Crippen molar-refractivity contribution in [3.63, 3.8) is 0 Å². The first-order valence-corrected chi connectivity index (χ1v) is 6.46. The van der Waals surface area contributed by atoms with Crippen molar-refractivity contribution < 1.29 is 0 Å². The van der Waals surface area contributed by atoms with Gasteiger partial charge < -0.3 is 0 Å². The fourth-order valence-electron chi connectivity index (χ4n) is 0.994. The van der Waals surface area contributed by atoms with Crippen LogP contribution < -0.4 is 0 Å². The van der Waals surface area contributed by atoms with Crippen LogP contribution in [0.5, 0.6) is 0 Å². The zero-order chi connectivity index (χ0) is 9.80. The summed E-state index contributed by atoms with van der Waals surface area (Å²) in [5.41, 5.74) is 2.72. The smallest absolute Gasteiger partial charge is 0.167 e. The summed E-state index contributed by atoms with van der Waals surface area (Å²) in [6, 6.07) is 0. The van der Waals surface area contributed by atoms with Crippen LogP contribution in [0.1, 0.15) is 11.4 Å². The fourth-order valence-corrected chi connectivity index (χ4v) is 2.59. The summed E-state index contributed by atoms with van der Waals surface area (Å²) in [4.78, 5) is 4.18. The monoisotopic (exact) mass is 245 g/mol. The summed E-state index contributed by atoms with van der Waals surface area (Å²) in [5.74, 6) is 0.672. The quantitative estimate of drug-likeness (QED) is 0.778. The Kier molecular flexibility index (Phi) is 3.44. The Morgan fingerprint density at radius 1 is 1.36 bits per heavy atom. The molecule has 2 aromatic rings. The van der Waals surface area contributed by atoms with Gasteiger partial charge in [0.25, 0.3) is 0 Å². The van der Waals surface area contributed by atoms with Gasteiger partial charge in [-0.15, -0.1) is 33.1 Å². The highest BCUT2D eigenvalue weighted by Gasteiger charge is 2.07. The molecule has 0 atom stereocenters. The first kappa shape index (κ1) is 10.0. The number of hydrogen-bond acceptors (Lipinski definition) is 5. The molecule has 0 aromatic carbocycles. The molecule has 0 N–H and O–H groups in total. The molecule has 14 heavy (non-hydrogen) atoms. The second kappa shape index (κ2) is 4.82. The number of rotatable bonds is 4. The van der Waals surface area contributed by atoms with Crippen LogP contribution in [0.15, 0.2) is 10.9 Å². The van der Waals surface area contributed by atoms with Crippen LogP contribution in [0.2, 0.25) is 0 Å². The Hall–Kier alpha value is -0.520. The molecular formula is C8H8ClN3S2. The molecule has 0 spiro atoms. The lowest BCUT2D eigenvalue weighted by molar-refractivity contribution is 0.884. The summed E-state index contributed by atoms with van der Waals surface area (Å²) >= 11 is 8.77. The highest BCUT2D eigenvalue weighted by atomic mass is 35.5. The Bertz CT molecular complexity index is 385. The maximum absolute atomic E-state index is 5.60. The van der Waals surface area contributed by atoms with Gasteiger partial charge in [-0.1, -0.05) is 11.3 Å². The third-order valence-electron chi connectivity index (χ3n) is 1.64. The molecule has 0 saturated carbocycles. The molecule has 0 aliphatic rings. The van der Waals surface area contributed by atoms with Crippen LogP contribution in [0.25, 0.3) is 10.7 Å². The summed E-state index contributed by atoms with van der Waals surface area (Å²) in [6.45, 7) is 0. The van der Waals surface area contributed by atoms with E-state index in [9.17, 15) is 0 Å². The summed E-state index contributed by atoms with van der Waals surface area (Å²) in [7, 11) is 0. The molecule has 0 radical (unpaired) electrons. The van der Waals surface area contributed by atoms with Gasteiger partial charge in [-0.25, -0.2) is 4.98 Å². The summed E-state index contributed by atoms with van der Waals surface area (Å²) < 4.78 is 0. The Labute approximate surface area is 94.8 Å². The van der Waals surface area contributed by atoms with Crippen molar-refractivity contribution in [3.8, 4) is 10.7 Å². The third-order valence-corrected chi connectivity index (χ3v) is 3.50. The highest BCUT2D eigenvalue weighted by molar-refractivity contribution is 7.15. The first-order chi connectivity index (χ1) is 6.90. The molecule has 2 aromatic heterocycles. The standard InChI is InChI=1S/C8H8ClN3S2/c9-3-1-2-7-11-12-8(14-7)6-4-13-5-10-6/h4-5H,1-3H2. The number of alkyl halides is 1. The van der Waals surface area contributed by atoms with Crippen molar-refractivity contribution in [3.05, 3.63) is 15.9 Å². The fraction of sp³-hybridized carbons (Fsp3) is 0.375. The van der Waals surface area contributed by atoms with E-state index in [4.69, 9.17) is 11.6 Å². The van der Waals surface area contributed by atoms with Gasteiger partial charge in [0.15, 0.2) is 5.01 Å². The minimum absolute atomic E-state index is 0.672. The molecule has 6 heteroatoms. The van der Waals surface area contributed by atoms with Gasteiger partial charge in [0.1, 0.15) is 10.7 Å². The topological polar surface area (TPSA) is 38.7 Å². The number of halogens is 1. The van der Waals surface area contributed by atoms with Gasteiger partial charge >= 0.3 is 0 Å². The van der Waals surface area contributed by atoms with Crippen molar-refractivity contribution in [2.24, 2.45) is 0 Å². The number of aromatic nitrogens is 3. The van der Waals surface area contributed by atoms with E-state index in [0.717, 1.165) is 28.6 Å². The number of aryl methyl sites for hydroxylation is 1. The van der Waals surface area contributed by atoms with Crippen LogP contribution >= 0.6 is 34.3 Å². The predicted octanol–water partition coefficient (Wildman–Crippen LogP) is 2.83. The average Bonchev–Trinajstić information content (AvgIpc) is 2.85. The molecule has 2 heterocycles. The van der Waals surface area contributed by atoms with E-state index < -0.39 is 0 Å². The van der Waals surface area contributed by atoms with E-state index in [1.54, 1.807) is 28.2 Å². The average molecular weight is 246 g/mol. The van der Waals surface area contributed by atoms with Crippen LogP contribution in [0, 0.1) is 0 Å². The first-order valence-electron chi connectivity index (χ1n) is 4.17. The van der Waals surface area contributed by atoms with Gasteiger partial charge in [-0.3, -0.25) is 0 Å². The molecule has 2 rings (SSSR count). The number of hydrogen-bond donors (Lipinski definition) is 0. The van der Waals surface area contributed by atoms with Crippen molar-refractivity contribution in [2.45, 2.75) is 12.8 Å². The summed E-state index contributed by atoms with van der Waals surface area (Å²) in [6.07, 6.45) is 1.86. The third kappa shape index (κ3) is 2.29. The molecule has 0 aliphatic carbocycles. The van der Waals surface area contributed by atoms with Gasteiger partial charge in [-0.2, -0.15) is 0 Å². The Morgan fingerprint density at radius 3 is 3.00 bits per heavy atom. The van der Waals surface area contributed by atoms with Gasteiger partial charge in [0.2, 0.25) is 0 Å². The SMILES string of the molecule is ClCCCc1nnc(-c2cscn2)s1. The molecule has 0 amide bonds. The lowest BCUT2D eigenvalue weighted by Crippen LogP contribution is -1.84. The molecule has 3 nitrogen and oxygen atoms in total. The van der Waals surface area contributed by atoms with E-state index in [-0.39, 0.29) is 0 Å². The molecular weight excluding hydrogens is 238 g/mol. The van der Waals surface area contributed by atoms with Gasteiger partial charge in [-0.05, 0) is 6.42 Å². The van der Waals surface area contributed by atoms with Crippen molar-refractivity contribution in [2.75, 3.05) is 5.88 Å². The number of thiazole rings is 1. The molecule has 74 valence electrons. The lowest BCUT2D eigenvalue weighted by Gasteiger charge is -1.87. The molecule has 0 unspecified atom stereocenters. The maximum Gasteiger partial charge on any atom is 0.167 e. The predicted molar refractivity (Wildman–Crippen MR) is 60.1 cm³/mol. The minimum atomic E-state index is 0.672. The Morgan fingerprint density at radius 2 is 2.29 bits per heavy atom. The van der Waals surface area contributed by atoms with E-state index in [1.165, 1.54) is 0 Å². The van der Waals surface area contributed by atoms with Crippen molar-refractivity contribution >= 4 is 34.3 Å². The van der Waals surface area contributed by atoms with Gasteiger partial charge in [0, 0.05) is 17.7 Å². The molecule has 0 aliphatic heterocycles. The van der Waals surface area contributed by atoms with Gasteiger partial charge in [0.05, 0.1) is 5.51 Å². The summed E-state index contributed by atoms with van der Waals surface area (Å²) in [5, 5.41) is 12.1. The maximum atomic E-state index is 5.60. The zero-order valence-electron chi connectivity index (χ0n) is 7.31. The molecule has 0 fully saturated rings. The van der Waals surface area contributed by atoms with Crippen molar-refractivity contribution in [1.29, 1.82) is 0 Å². The van der Waals surface area contributed by atoms with E-state index >= 15 is 0 Å². The second-order valence-electron chi connectivity index (χ2n) is 2.67. The number of nitrogens with zero attached hydrogens (tertiary/aromatic N) is 3. The van der Waals surface area contributed by atoms with E-state index in [0.29, 0.717) is 5.88 Å². The van der Waals surface area contributed by atoms with Crippen LogP contribution in [-0.2, 0) is 6.42 Å². The van der Waals surface area contributed by atoms with Crippen LogP contribution in [0.3, 0.4) is 0 Å². The van der Waals surface area contributed by atoms with Crippen LogP contribution in [-0.4, -0.2) is 21.1 Å². The van der Waals surface area contributed by atoms with E-state index in [2.05, 4.69) is 15.2 Å². The van der Waals surface area contributed by atoms with E-state index in [1.807, 2.05) is 5.38 Å². The Balaban J connectivity index is 2.10. The minimum Gasteiger partial charge on any atom is -0.242 e. The zero-order valence-corrected chi connectivity index (χ0v) is 9.70. The van der Waals surface area contributed by atoms with Crippen LogP contribution in [0.4, 0.5) is 0 Å². The normalized spacial score (nSPS) is 10.6. The highest BCUT2D eigenvalue weighted by Crippen LogP contribution is 2.23. The lowest BCUT2D eigenvalue weighted by atomic mass is 10.4.